The van der Waals surface area contributed by atoms with Gasteiger partial charge in [-0.25, -0.2) is 4.79 Å². The van der Waals surface area contributed by atoms with Crippen LogP contribution in [0.15, 0.2) is 54.8 Å². The second-order valence-electron chi connectivity index (χ2n) is 10.1. The summed E-state index contributed by atoms with van der Waals surface area (Å²) in [7, 11) is 6.95. The highest BCUT2D eigenvalue weighted by molar-refractivity contribution is 8.77. The number of benzene rings is 2. The predicted molar refractivity (Wildman–Crippen MR) is 165 cm³/mol. The van der Waals surface area contributed by atoms with Gasteiger partial charge in [-0.15, -0.1) is 0 Å². The molecule has 0 radical (unpaired) electrons. The molecule has 0 aliphatic carbocycles. The topological polar surface area (TPSA) is 88.1 Å². The Labute approximate surface area is 251 Å². The van der Waals surface area contributed by atoms with Crippen molar-refractivity contribution in [3.8, 4) is 17.2 Å². The molecule has 1 aliphatic heterocycles. The van der Waals surface area contributed by atoms with Crippen LogP contribution in [0.5, 0.6) is 17.2 Å². The fraction of sp³-hybridized carbons (Fsp3) is 0.469. The smallest absolute Gasteiger partial charge is 0.340 e. The van der Waals surface area contributed by atoms with Crippen molar-refractivity contribution < 1.29 is 33.3 Å². The first-order valence-electron chi connectivity index (χ1n) is 13.9. The van der Waals surface area contributed by atoms with Crippen LogP contribution in [0.25, 0.3) is 0 Å². The van der Waals surface area contributed by atoms with Gasteiger partial charge >= 0.3 is 5.97 Å². The summed E-state index contributed by atoms with van der Waals surface area (Å²) >= 11 is 0. The highest BCUT2D eigenvalue weighted by atomic mass is 33.1. The van der Waals surface area contributed by atoms with Gasteiger partial charge in [-0.3, -0.25) is 9.59 Å². The zero-order chi connectivity index (χ0) is 29.6. The van der Waals surface area contributed by atoms with Gasteiger partial charge in [-0.05, 0) is 80.8 Å². The van der Waals surface area contributed by atoms with Crippen LogP contribution in [0.2, 0.25) is 0 Å². The molecule has 7 nitrogen and oxygen atoms in total. The Morgan fingerprint density at radius 1 is 0.951 bits per heavy atom. The van der Waals surface area contributed by atoms with Crippen molar-refractivity contribution in [1.82, 2.24) is 0 Å². The van der Waals surface area contributed by atoms with E-state index in [2.05, 4.69) is 6.58 Å². The summed E-state index contributed by atoms with van der Waals surface area (Å²) in [6.07, 6.45) is 4.78. The van der Waals surface area contributed by atoms with Crippen LogP contribution in [-0.4, -0.2) is 48.9 Å². The molecule has 0 saturated carbocycles. The van der Waals surface area contributed by atoms with Gasteiger partial charge in [0.1, 0.15) is 17.3 Å². The molecule has 0 N–H and O–H groups in total. The highest BCUT2D eigenvalue weighted by Gasteiger charge is 2.22. The Kier molecular flexibility index (Phi) is 13.8. The molecular formula is C32H40O7S2. The van der Waals surface area contributed by atoms with Crippen LogP contribution < -0.4 is 14.2 Å². The second kappa shape index (κ2) is 17.3. The zero-order valence-corrected chi connectivity index (χ0v) is 25.8. The molecule has 9 heteroatoms. The lowest BCUT2D eigenvalue weighted by molar-refractivity contribution is -0.146. The van der Waals surface area contributed by atoms with Gasteiger partial charge in [0.05, 0.1) is 19.3 Å². The SMILES string of the molecule is C=C(C)Oc1ccc(CCC(=O)CC(=O)CCc2ccc(OC(=O)C(CCCC3CCSS3)OC)cc2)cc1OC. The molecule has 1 fully saturated rings. The summed E-state index contributed by atoms with van der Waals surface area (Å²) < 4.78 is 21.8. The maximum Gasteiger partial charge on any atom is 0.340 e. The van der Waals surface area contributed by atoms with Crippen molar-refractivity contribution in [2.24, 2.45) is 0 Å². The molecule has 0 bridgehead atoms. The van der Waals surface area contributed by atoms with Crippen molar-refractivity contribution in [1.29, 1.82) is 0 Å². The molecule has 2 aromatic carbocycles. The molecule has 2 atom stereocenters. The monoisotopic (exact) mass is 600 g/mol. The fourth-order valence-electron chi connectivity index (χ4n) is 4.44. The lowest BCUT2D eigenvalue weighted by atomic mass is 10.0. The van der Waals surface area contributed by atoms with Crippen molar-refractivity contribution in [3.63, 3.8) is 0 Å². The Balaban J connectivity index is 1.37. The molecule has 3 rings (SSSR count). The number of ketones is 2. The third-order valence-corrected chi connectivity index (χ3v) is 9.71. The summed E-state index contributed by atoms with van der Waals surface area (Å²) in [5.74, 6) is 2.77. The quantitative estimate of drug-likeness (QED) is 0.0593. The predicted octanol–water partition coefficient (Wildman–Crippen LogP) is 6.95. The number of hydrogen-bond acceptors (Lipinski definition) is 9. The summed E-state index contributed by atoms with van der Waals surface area (Å²) in [6, 6.07) is 12.6. The van der Waals surface area contributed by atoms with Crippen molar-refractivity contribution in [3.05, 3.63) is 65.9 Å². The van der Waals surface area contributed by atoms with Gasteiger partial charge in [0.15, 0.2) is 17.6 Å². The summed E-state index contributed by atoms with van der Waals surface area (Å²) in [5, 5.41) is 0.668. The molecule has 41 heavy (non-hydrogen) atoms. The number of methoxy groups -OCH3 is 2. The standard InChI is InChI=1S/C32H40O7S2/c1-22(2)38-29-17-12-24(20-31(29)37-4)9-14-26(34)21-25(33)13-8-23-10-15-27(16-11-23)39-32(35)30(36-3)7-5-6-28-18-19-40-41-28/h10-12,15-17,20,28,30H,1,5-9,13-14,18-19,21H2,2-4H3. The van der Waals surface area contributed by atoms with E-state index in [-0.39, 0.29) is 30.8 Å². The van der Waals surface area contributed by atoms with E-state index in [1.807, 2.05) is 45.9 Å². The van der Waals surface area contributed by atoms with E-state index in [0.717, 1.165) is 24.0 Å². The Bertz CT molecular complexity index is 1170. The number of rotatable bonds is 18. The molecule has 0 spiro atoms. The Hall–Kier alpha value is -2.75. The summed E-state index contributed by atoms with van der Waals surface area (Å²) in [4.78, 5) is 37.4. The minimum atomic E-state index is -0.583. The maximum atomic E-state index is 12.6. The van der Waals surface area contributed by atoms with E-state index in [1.54, 1.807) is 32.2 Å². The van der Waals surface area contributed by atoms with E-state index in [9.17, 15) is 14.4 Å². The molecule has 0 amide bonds. The number of Topliss-reactive ketones (excluding diaryl/α,β-unsaturated/α-hetero) is 2. The van der Waals surface area contributed by atoms with E-state index in [0.29, 0.717) is 47.5 Å². The third-order valence-electron chi connectivity index (χ3n) is 6.70. The van der Waals surface area contributed by atoms with Crippen LogP contribution in [0.4, 0.5) is 0 Å². The van der Waals surface area contributed by atoms with Crippen LogP contribution in [0, 0.1) is 0 Å². The van der Waals surface area contributed by atoms with Crippen LogP contribution in [0.3, 0.4) is 0 Å². The molecule has 2 aromatic rings. The first-order chi connectivity index (χ1) is 19.8. The molecular weight excluding hydrogens is 560 g/mol. The van der Waals surface area contributed by atoms with Gasteiger partial charge in [0, 0.05) is 31.0 Å². The van der Waals surface area contributed by atoms with E-state index in [4.69, 9.17) is 18.9 Å². The molecule has 1 heterocycles. The zero-order valence-electron chi connectivity index (χ0n) is 24.1. The van der Waals surface area contributed by atoms with Crippen molar-refractivity contribution in [2.45, 2.75) is 76.1 Å². The van der Waals surface area contributed by atoms with Crippen LogP contribution >= 0.6 is 21.6 Å². The summed E-state index contributed by atoms with van der Waals surface area (Å²) in [5.41, 5.74) is 1.86. The number of carbonyl (C=O) groups is 3. The Morgan fingerprint density at radius 2 is 1.63 bits per heavy atom. The third kappa shape index (κ3) is 11.6. The largest absolute Gasteiger partial charge is 0.493 e. The minimum absolute atomic E-state index is 0.0830. The number of aryl methyl sites for hydroxylation is 2. The number of hydrogen-bond donors (Lipinski definition) is 0. The lowest BCUT2D eigenvalue weighted by Gasteiger charge is -2.15. The minimum Gasteiger partial charge on any atom is -0.493 e. The first kappa shape index (κ1) is 32.8. The molecule has 222 valence electrons. The second-order valence-corrected chi connectivity index (χ2v) is 12.9. The average Bonchev–Trinajstić information content (AvgIpc) is 3.47. The lowest BCUT2D eigenvalue weighted by Crippen LogP contribution is -2.28. The average molecular weight is 601 g/mol. The van der Waals surface area contributed by atoms with Gasteiger partial charge < -0.3 is 18.9 Å². The van der Waals surface area contributed by atoms with Crippen molar-refractivity contribution >= 4 is 39.1 Å². The normalized spacial score (nSPS) is 15.2. The molecule has 1 saturated heterocycles. The van der Waals surface area contributed by atoms with Gasteiger partial charge in [-0.1, -0.05) is 46.4 Å². The summed E-state index contributed by atoms with van der Waals surface area (Å²) in [6.45, 7) is 5.49. The Morgan fingerprint density at radius 3 is 2.24 bits per heavy atom. The van der Waals surface area contributed by atoms with Crippen molar-refractivity contribution in [2.75, 3.05) is 20.0 Å². The number of esters is 1. The number of allylic oxidation sites excluding steroid dienone is 1. The molecule has 1 aliphatic rings. The van der Waals surface area contributed by atoms with Gasteiger partial charge in [0.25, 0.3) is 0 Å². The van der Waals surface area contributed by atoms with E-state index in [1.165, 1.54) is 19.3 Å². The van der Waals surface area contributed by atoms with E-state index < -0.39 is 12.1 Å². The highest BCUT2D eigenvalue weighted by Crippen LogP contribution is 2.40. The maximum absolute atomic E-state index is 12.6. The van der Waals surface area contributed by atoms with Gasteiger partial charge in [0.2, 0.25) is 0 Å². The number of carbonyl (C=O) groups excluding carboxylic acids is 3. The van der Waals surface area contributed by atoms with Gasteiger partial charge in [-0.2, -0.15) is 0 Å². The van der Waals surface area contributed by atoms with E-state index >= 15 is 0 Å². The fourth-order valence-corrected chi connectivity index (χ4v) is 7.46. The number of ether oxygens (including phenoxy) is 4. The molecule has 0 aromatic heterocycles. The van der Waals surface area contributed by atoms with Crippen LogP contribution in [0.1, 0.15) is 63.0 Å². The van der Waals surface area contributed by atoms with Crippen LogP contribution in [-0.2, 0) is 32.0 Å². The first-order valence-corrected chi connectivity index (χ1v) is 16.3. The molecule has 2 unspecified atom stereocenters.